The van der Waals surface area contributed by atoms with Gasteiger partial charge in [0.15, 0.2) is 0 Å². The summed E-state index contributed by atoms with van der Waals surface area (Å²) in [6.45, 7) is 0. The minimum Gasteiger partial charge on any atom is -0.195 e. The van der Waals surface area contributed by atoms with E-state index in [-0.39, 0.29) is 0 Å². The van der Waals surface area contributed by atoms with Crippen molar-refractivity contribution in [3.05, 3.63) is 23.3 Å². The van der Waals surface area contributed by atoms with Crippen molar-refractivity contribution in [2.45, 2.75) is 119 Å². The van der Waals surface area contributed by atoms with E-state index in [4.69, 9.17) is 0 Å². The Morgan fingerprint density at radius 3 is 0.441 bits per heavy atom. The topological polar surface area (TPSA) is 0 Å². The summed E-state index contributed by atoms with van der Waals surface area (Å²) in [7, 11) is 0. The molecule has 0 unspecified atom stereocenters. The van der Waals surface area contributed by atoms with Gasteiger partial charge in [0.05, 0.1) is 0 Å². The number of halogens is 44. The highest BCUT2D eigenvalue weighted by Crippen LogP contribution is 2.67. The molecule has 0 aromatic heterocycles. The molecule has 0 aliphatic carbocycles. The Morgan fingerprint density at radius 2 is 0.294 bits per heavy atom. The fourth-order valence-corrected chi connectivity index (χ4v) is 3.87. The van der Waals surface area contributed by atoms with E-state index in [0.717, 1.165) is 0 Å². The van der Waals surface area contributed by atoms with E-state index in [1.807, 2.05) is 0 Å². The minimum absolute atomic E-state index is 4.96. The zero-order valence-corrected chi connectivity index (χ0v) is 28.8. The Kier molecular flexibility index (Phi) is 15.1. The molecule has 0 saturated carbocycles. The molecule has 0 amide bonds. The SMILES string of the molecule is FC(F)(F)C(F)(F)C(F)(F)C(F)(F)C=C(C(=CC(F)(F)C(F)(F)C(F)(F)C(F)(F)F)C(F)(F)C(F)(F)C(F)(F)C(F)(F)C(F)(F)C(F)(F)F)C(F)(F)C(F)(F)C(F)(F)C(F)(F)C(F)(F)C(F)(F)F. The Morgan fingerprint density at radius 1 is 0.162 bits per heavy atom. The van der Waals surface area contributed by atoms with Crippen molar-refractivity contribution in [2.75, 3.05) is 0 Å². The molecule has 0 N–H and O–H groups in total. The molecule has 0 aromatic rings. The molecule has 0 radical (unpaired) electrons. The van der Waals surface area contributed by atoms with Gasteiger partial charge < -0.3 is 0 Å². The van der Waals surface area contributed by atoms with Crippen LogP contribution in [0, 0.1) is 0 Å². The Bertz CT molecular complexity index is 1740. The molecule has 0 aliphatic rings. The third kappa shape index (κ3) is 8.50. The van der Waals surface area contributed by atoms with E-state index < -0.39 is 143 Å². The van der Waals surface area contributed by atoms with E-state index in [1.54, 1.807) is 0 Å². The second-order valence-corrected chi connectivity index (χ2v) is 12.4. The van der Waals surface area contributed by atoms with Gasteiger partial charge in [0, 0.05) is 23.3 Å². The lowest BCUT2D eigenvalue weighted by Crippen LogP contribution is -2.72. The summed E-state index contributed by atoms with van der Waals surface area (Å²) in [6, 6.07) is 0. The lowest BCUT2D eigenvalue weighted by molar-refractivity contribution is -0.439. The summed E-state index contributed by atoms with van der Waals surface area (Å²) in [4.78, 5) is 0. The normalized spacial score (nSPS) is 17.6. The number of hydrogen-bond acceptors (Lipinski definition) is 0. The van der Waals surface area contributed by atoms with Crippen molar-refractivity contribution < 1.29 is 193 Å². The van der Waals surface area contributed by atoms with E-state index in [2.05, 4.69) is 0 Å². The maximum absolute atomic E-state index is 15.2. The second kappa shape index (κ2) is 16.0. The molecule has 44 heteroatoms. The molecule has 68 heavy (non-hydrogen) atoms. The Labute approximate surface area is 337 Å². The van der Waals surface area contributed by atoms with E-state index in [0.29, 0.717) is 0 Å². The molecule has 0 aliphatic heterocycles. The number of alkyl halides is 44. The molecular formula is C24H2F44. The van der Waals surface area contributed by atoms with Crippen LogP contribution in [0.1, 0.15) is 0 Å². The number of rotatable bonds is 17. The first-order valence-electron chi connectivity index (χ1n) is 14.2. The van der Waals surface area contributed by atoms with Crippen LogP contribution in [0.3, 0.4) is 0 Å². The Hall–Kier alpha value is -3.60. The molecule has 0 bridgehead atoms. The molecule has 0 nitrogen and oxygen atoms in total. The van der Waals surface area contributed by atoms with Crippen LogP contribution in [0.4, 0.5) is 193 Å². The lowest BCUT2D eigenvalue weighted by atomic mass is 9.80. The summed E-state index contributed by atoms with van der Waals surface area (Å²) >= 11 is 0. The van der Waals surface area contributed by atoms with E-state index in [9.17, 15) is 176 Å². The summed E-state index contributed by atoms with van der Waals surface area (Å²) in [5, 5.41) is 0. The van der Waals surface area contributed by atoms with Crippen LogP contribution >= 0.6 is 0 Å². The Balaban J connectivity index is 10.3. The highest BCUT2D eigenvalue weighted by molar-refractivity contribution is 5.49. The largest absolute Gasteiger partial charge is 0.460 e. The summed E-state index contributed by atoms with van der Waals surface area (Å²) in [5.41, 5.74) is -14.7. The van der Waals surface area contributed by atoms with Crippen molar-refractivity contribution in [3.63, 3.8) is 0 Å². The van der Waals surface area contributed by atoms with Gasteiger partial charge in [-0.1, -0.05) is 0 Å². The van der Waals surface area contributed by atoms with Crippen LogP contribution in [-0.2, 0) is 0 Å². The van der Waals surface area contributed by atoms with Gasteiger partial charge in [-0.05, 0) is 0 Å². The summed E-state index contributed by atoms with van der Waals surface area (Å²) in [6.07, 6.45) is -45.0. The summed E-state index contributed by atoms with van der Waals surface area (Å²) in [5.74, 6) is -158. The predicted molar refractivity (Wildman–Crippen MR) is 120 cm³/mol. The molecule has 0 aromatic carbocycles. The van der Waals surface area contributed by atoms with Crippen LogP contribution in [0.2, 0.25) is 0 Å². The minimum atomic E-state index is -10.5. The van der Waals surface area contributed by atoms with Crippen LogP contribution < -0.4 is 0 Å². The van der Waals surface area contributed by atoms with Gasteiger partial charge in [-0.15, -0.1) is 0 Å². The van der Waals surface area contributed by atoms with Crippen LogP contribution in [0.15, 0.2) is 23.3 Å². The van der Waals surface area contributed by atoms with Crippen LogP contribution in [0.5, 0.6) is 0 Å². The molecule has 0 saturated heterocycles. The standard InChI is InChI=1S/C24H2F44/c25-5(26,9(33,34)17(49,50)21(57,58)59)1-3(7(29,30)11(37,38)13(41,42)15(45,46)19(53,54)23(63,64)65)4(2-6(27,28)10(35,36)18(51,52)22(60,61)62)8(31,32)12(39,40)14(43,44)16(47,48)20(55,56)24(66,67)68/h1-2H. The maximum atomic E-state index is 15.2. The van der Waals surface area contributed by atoms with Crippen molar-refractivity contribution in [1.29, 1.82) is 0 Å². The summed E-state index contributed by atoms with van der Waals surface area (Å²) < 4.78 is 602. The fourth-order valence-electron chi connectivity index (χ4n) is 3.87. The van der Waals surface area contributed by atoms with Crippen molar-refractivity contribution in [2.24, 2.45) is 0 Å². The average molecular weight is 1130 g/mol. The third-order valence-electron chi connectivity index (χ3n) is 7.82. The smallest absolute Gasteiger partial charge is 0.195 e. The fraction of sp³-hybridized carbons (Fsp3) is 0.833. The highest BCUT2D eigenvalue weighted by atomic mass is 19.5. The van der Waals surface area contributed by atoms with Gasteiger partial charge in [-0.2, -0.15) is 193 Å². The molecule has 0 spiro atoms. The van der Waals surface area contributed by atoms with Crippen LogP contribution in [0.25, 0.3) is 0 Å². The lowest BCUT2D eigenvalue weighted by Gasteiger charge is -2.43. The zero-order chi connectivity index (χ0) is 56.6. The van der Waals surface area contributed by atoms with Gasteiger partial charge in [-0.25, -0.2) is 0 Å². The van der Waals surface area contributed by atoms with Crippen molar-refractivity contribution in [3.8, 4) is 0 Å². The molecule has 0 atom stereocenters. The van der Waals surface area contributed by atoms with Gasteiger partial charge in [-0.3, -0.25) is 0 Å². The van der Waals surface area contributed by atoms with Gasteiger partial charge >= 0.3 is 119 Å². The predicted octanol–water partition coefficient (Wildman–Crippen LogP) is 15.3. The van der Waals surface area contributed by atoms with Gasteiger partial charge in [0.25, 0.3) is 0 Å². The molecule has 0 rings (SSSR count). The molecule has 0 heterocycles. The van der Waals surface area contributed by atoms with Crippen molar-refractivity contribution in [1.82, 2.24) is 0 Å². The van der Waals surface area contributed by atoms with Crippen molar-refractivity contribution >= 4 is 0 Å². The number of hydrogen-bond donors (Lipinski definition) is 0. The first-order valence-corrected chi connectivity index (χ1v) is 14.2. The highest BCUT2D eigenvalue weighted by Gasteiger charge is 2.94. The van der Waals surface area contributed by atoms with Gasteiger partial charge in [0.1, 0.15) is 0 Å². The number of allylic oxidation sites excluding steroid dienone is 4. The zero-order valence-electron chi connectivity index (χ0n) is 28.8. The first kappa shape index (κ1) is 64.4. The molecular weight excluding hydrogens is 1120 g/mol. The average Bonchev–Trinajstić information content (AvgIpc) is 3.06. The van der Waals surface area contributed by atoms with Gasteiger partial charge in [0.2, 0.25) is 0 Å². The van der Waals surface area contributed by atoms with E-state index in [1.165, 1.54) is 0 Å². The first-order chi connectivity index (χ1) is 28.4. The second-order valence-electron chi connectivity index (χ2n) is 12.4. The maximum Gasteiger partial charge on any atom is 0.460 e. The quantitative estimate of drug-likeness (QED) is 0.101. The monoisotopic (exact) mass is 1130 g/mol. The van der Waals surface area contributed by atoms with E-state index >= 15 is 17.6 Å². The van der Waals surface area contributed by atoms with Crippen LogP contribution in [-0.4, -0.2) is 119 Å². The molecule has 406 valence electrons. The molecule has 0 fully saturated rings. The third-order valence-corrected chi connectivity index (χ3v) is 7.82.